The Labute approximate surface area is 129 Å². The quantitative estimate of drug-likeness (QED) is 0.766. The van der Waals surface area contributed by atoms with E-state index in [0.717, 1.165) is 5.75 Å². The Kier molecular flexibility index (Phi) is 5.43. The van der Waals surface area contributed by atoms with Crippen molar-refractivity contribution in [1.29, 1.82) is 0 Å². The molecule has 1 heterocycles. The first kappa shape index (κ1) is 15.9. The van der Waals surface area contributed by atoms with Gasteiger partial charge in [0.2, 0.25) is 0 Å². The number of anilines is 1. The number of hydrogen-bond acceptors (Lipinski definition) is 4. The van der Waals surface area contributed by atoms with Gasteiger partial charge in [0.05, 0.1) is 13.2 Å². The van der Waals surface area contributed by atoms with E-state index in [2.05, 4.69) is 10.6 Å². The highest BCUT2D eigenvalue weighted by Crippen LogP contribution is 2.16. The van der Waals surface area contributed by atoms with E-state index in [9.17, 15) is 9.90 Å². The molecule has 6 nitrogen and oxygen atoms in total. The largest absolute Gasteiger partial charge is 0.494 e. The fraction of sp³-hybridized carbons (Fsp3) is 0.312. The zero-order chi connectivity index (χ0) is 15.9. The third kappa shape index (κ3) is 4.53. The number of carbonyl (C=O) groups is 1. The molecule has 0 saturated carbocycles. The molecular weight excluding hydrogens is 284 g/mol. The SMILES string of the molecule is CCOc1ccc(NC(=O)NCC(O)c2ccc(C)o2)cc1. The number of aryl methyl sites for hydroxylation is 1. The Balaban J connectivity index is 1.80. The summed E-state index contributed by atoms with van der Waals surface area (Å²) in [5, 5.41) is 15.2. The van der Waals surface area contributed by atoms with E-state index in [1.807, 2.05) is 6.92 Å². The Hall–Kier alpha value is -2.47. The number of ether oxygens (including phenoxy) is 1. The number of benzene rings is 1. The topological polar surface area (TPSA) is 83.7 Å². The van der Waals surface area contributed by atoms with Crippen molar-refractivity contribution < 1.29 is 19.1 Å². The van der Waals surface area contributed by atoms with E-state index >= 15 is 0 Å². The molecule has 3 N–H and O–H groups in total. The minimum absolute atomic E-state index is 0.0653. The number of nitrogens with one attached hydrogen (secondary N) is 2. The first-order chi connectivity index (χ1) is 10.6. The fourth-order valence-electron chi connectivity index (χ4n) is 1.90. The van der Waals surface area contributed by atoms with Crippen LogP contribution in [0.25, 0.3) is 0 Å². The molecule has 1 unspecified atom stereocenters. The van der Waals surface area contributed by atoms with Gasteiger partial charge in [0, 0.05) is 5.69 Å². The predicted molar refractivity (Wildman–Crippen MR) is 83.0 cm³/mol. The van der Waals surface area contributed by atoms with Crippen LogP contribution < -0.4 is 15.4 Å². The van der Waals surface area contributed by atoms with Crippen LogP contribution in [0.15, 0.2) is 40.8 Å². The Morgan fingerprint density at radius 3 is 2.59 bits per heavy atom. The van der Waals surface area contributed by atoms with Crippen LogP contribution in [-0.2, 0) is 0 Å². The van der Waals surface area contributed by atoms with Crippen molar-refractivity contribution in [2.24, 2.45) is 0 Å². The van der Waals surface area contributed by atoms with E-state index in [0.29, 0.717) is 23.8 Å². The van der Waals surface area contributed by atoms with Gasteiger partial charge in [-0.3, -0.25) is 0 Å². The molecule has 118 valence electrons. The normalized spacial score (nSPS) is 11.8. The Morgan fingerprint density at radius 1 is 1.27 bits per heavy atom. The second kappa shape index (κ2) is 7.51. The van der Waals surface area contributed by atoms with Crippen LogP contribution in [0.4, 0.5) is 10.5 Å². The van der Waals surface area contributed by atoms with Gasteiger partial charge in [0.1, 0.15) is 23.4 Å². The predicted octanol–water partition coefficient (Wildman–Crippen LogP) is 2.84. The van der Waals surface area contributed by atoms with Crippen molar-refractivity contribution >= 4 is 11.7 Å². The minimum Gasteiger partial charge on any atom is -0.494 e. The fourth-order valence-corrected chi connectivity index (χ4v) is 1.90. The average molecular weight is 304 g/mol. The van der Waals surface area contributed by atoms with Gasteiger partial charge in [-0.15, -0.1) is 0 Å². The summed E-state index contributed by atoms with van der Waals surface area (Å²) in [4.78, 5) is 11.8. The maximum Gasteiger partial charge on any atom is 0.319 e. The lowest BCUT2D eigenvalue weighted by molar-refractivity contribution is 0.148. The third-order valence-electron chi connectivity index (χ3n) is 2.97. The molecule has 1 atom stereocenters. The molecule has 6 heteroatoms. The molecule has 0 spiro atoms. The minimum atomic E-state index is -0.875. The van der Waals surface area contributed by atoms with Crippen LogP contribution in [0.5, 0.6) is 5.75 Å². The molecule has 1 aromatic carbocycles. The monoisotopic (exact) mass is 304 g/mol. The third-order valence-corrected chi connectivity index (χ3v) is 2.97. The van der Waals surface area contributed by atoms with Crippen molar-refractivity contribution in [3.63, 3.8) is 0 Å². The highest BCUT2D eigenvalue weighted by atomic mass is 16.5. The van der Waals surface area contributed by atoms with E-state index in [1.165, 1.54) is 0 Å². The molecule has 0 aliphatic heterocycles. The van der Waals surface area contributed by atoms with E-state index < -0.39 is 12.1 Å². The van der Waals surface area contributed by atoms with E-state index in [1.54, 1.807) is 43.3 Å². The van der Waals surface area contributed by atoms with Crippen LogP contribution in [-0.4, -0.2) is 24.3 Å². The van der Waals surface area contributed by atoms with Crippen molar-refractivity contribution in [3.05, 3.63) is 47.9 Å². The number of aliphatic hydroxyl groups is 1. The number of carbonyl (C=O) groups excluding carboxylic acids is 1. The van der Waals surface area contributed by atoms with Gasteiger partial charge in [0.25, 0.3) is 0 Å². The van der Waals surface area contributed by atoms with Gasteiger partial charge < -0.3 is 24.9 Å². The summed E-state index contributed by atoms with van der Waals surface area (Å²) in [6.07, 6.45) is -0.875. The average Bonchev–Trinajstić information content (AvgIpc) is 2.94. The first-order valence-electron chi connectivity index (χ1n) is 7.10. The number of urea groups is 1. The van der Waals surface area contributed by atoms with Crippen molar-refractivity contribution in [2.75, 3.05) is 18.5 Å². The van der Waals surface area contributed by atoms with Crippen molar-refractivity contribution in [2.45, 2.75) is 20.0 Å². The van der Waals surface area contributed by atoms with Crippen LogP contribution in [0.3, 0.4) is 0 Å². The lowest BCUT2D eigenvalue weighted by atomic mass is 10.3. The number of aliphatic hydroxyl groups excluding tert-OH is 1. The molecule has 2 aromatic rings. The van der Waals surface area contributed by atoms with Gasteiger partial charge in [-0.2, -0.15) is 0 Å². The number of hydrogen-bond donors (Lipinski definition) is 3. The Bertz CT molecular complexity index is 607. The second-order valence-corrected chi connectivity index (χ2v) is 4.76. The molecule has 0 fully saturated rings. The van der Waals surface area contributed by atoms with Gasteiger partial charge in [-0.1, -0.05) is 0 Å². The molecule has 1 aromatic heterocycles. The summed E-state index contributed by atoms with van der Waals surface area (Å²) in [5.41, 5.74) is 0.643. The van der Waals surface area contributed by atoms with Crippen LogP contribution >= 0.6 is 0 Å². The molecule has 0 radical (unpaired) electrons. The highest BCUT2D eigenvalue weighted by molar-refractivity contribution is 5.89. The molecule has 0 aliphatic rings. The summed E-state index contributed by atoms with van der Waals surface area (Å²) in [7, 11) is 0. The Morgan fingerprint density at radius 2 is 2.00 bits per heavy atom. The molecule has 0 saturated heterocycles. The number of amides is 2. The smallest absolute Gasteiger partial charge is 0.319 e. The molecule has 0 bridgehead atoms. The molecule has 2 amide bonds. The molecule has 0 aliphatic carbocycles. The maximum absolute atomic E-state index is 11.8. The van der Waals surface area contributed by atoms with Gasteiger partial charge in [0.15, 0.2) is 0 Å². The van der Waals surface area contributed by atoms with Crippen LogP contribution in [0.2, 0.25) is 0 Å². The van der Waals surface area contributed by atoms with Gasteiger partial charge in [-0.25, -0.2) is 4.79 Å². The van der Waals surface area contributed by atoms with E-state index in [4.69, 9.17) is 9.15 Å². The number of furan rings is 1. The molecule has 2 rings (SSSR count). The zero-order valence-electron chi connectivity index (χ0n) is 12.6. The lowest BCUT2D eigenvalue weighted by Crippen LogP contribution is -2.32. The maximum atomic E-state index is 11.8. The van der Waals surface area contributed by atoms with Crippen LogP contribution in [0.1, 0.15) is 24.5 Å². The van der Waals surface area contributed by atoms with Crippen molar-refractivity contribution in [1.82, 2.24) is 5.32 Å². The summed E-state index contributed by atoms with van der Waals surface area (Å²) in [5.74, 6) is 1.89. The zero-order valence-corrected chi connectivity index (χ0v) is 12.6. The summed E-state index contributed by atoms with van der Waals surface area (Å²) >= 11 is 0. The summed E-state index contributed by atoms with van der Waals surface area (Å²) in [6, 6.07) is 10.1. The molecular formula is C16H20N2O4. The summed E-state index contributed by atoms with van der Waals surface area (Å²) in [6.45, 7) is 4.36. The second-order valence-electron chi connectivity index (χ2n) is 4.76. The lowest BCUT2D eigenvalue weighted by Gasteiger charge is -2.11. The summed E-state index contributed by atoms with van der Waals surface area (Å²) < 4.78 is 10.6. The standard InChI is InChI=1S/C16H20N2O4/c1-3-21-13-7-5-12(6-8-13)18-16(20)17-10-14(19)15-9-4-11(2)22-15/h4-9,14,19H,3,10H2,1-2H3,(H2,17,18,20). The number of rotatable bonds is 6. The van der Waals surface area contributed by atoms with Crippen LogP contribution in [0, 0.1) is 6.92 Å². The molecule has 22 heavy (non-hydrogen) atoms. The van der Waals surface area contributed by atoms with E-state index in [-0.39, 0.29) is 6.54 Å². The first-order valence-corrected chi connectivity index (χ1v) is 7.10. The van der Waals surface area contributed by atoms with Gasteiger partial charge in [-0.05, 0) is 50.2 Å². The highest BCUT2D eigenvalue weighted by Gasteiger charge is 2.12. The van der Waals surface area contributed by atoms with Crippen molar-refractivity contribution in [3.8, 4) is 5.75 Å². The van der Waals surface area contributed by atoms with Gasteiger partial charge >= 0.3 is 6.03 Å².